The Morgan fingerprint density at radius 3 is 2.00 bits per heavy atom. The standard InChI is InChI=1S/C9H15F3O2/c1-6(2)5-8(3,4)14-7(13)9(10,11)12/h6H,5H2,1-4H3. The number of halogens is 3. The molecule has 0 amide bonds. The van der Waals surface area contributed by atoms with Gasteiger partial charge in [0.15, 0.2) is 0 Å². The molecule has 0 aliphatic carbocycles. The topological polar surface area (TPSA) is 26.3 Å². The number of alkyl halides is 3. The van der Waals surface area contributed by atoms with Gasteiger partial charge in [-0.3, -0.25) is 0 Å². The van der Waals surface area contributed by atoms with Crippen molar-refractivity contribution in [1.29, 1.82) is 0 Å². The van der Waals surface area contributed by atoms with E-state index in [1.165, 1.54) is 13.8 Å². The minimum atomic E-state index is -4.91. The molecule has 5 heteroatoms. The Labute approximate surface area is 81.4 Å². The minimum absolute atomic E-state index is 0.172. The van der Waals surface area contributed by atoms with Crippen molar-refractivity contribution in [2.24, 2.45) is 5.92 Å². The van der Waals surface area contributed by atoms with Gasteiger partial charge in [0.25, 0.3) is 0 Å². The van der Waals surface area contributed by atoms with Gasteiger partial charge in [-0.25, -0.2) is 4.79 Å². The van der Waals surface area contributed by atoms with Crippen molar-refractivity contribution in [2.45, 2.75) is 45.9 Å². The van der Waals surface area contributed by atoms with E-state index in [0.717, 1.165) is 0 Å². The highest BCUT2D eigenvalue weighted by atomic mass is 19.4. The molecule has 0 saturated heterocycles. The van der Waals surface area contributed by atoms with Crippen molar-refractivity contribution in [3.63, 3.8) is 0 Å². The lowest BCUT2D eigenvalue weighted by molar-refractivity contribution is -0.212. The van der Waals surface area contributed by atoms with Crippen molar-refractivity contribution < 1.29 is 22.7 Å². The molecule has 0 radical (unpaired) electrons. The van der Waals surface area contributed by atoms with Gasteiger partial charge in [0.2, 0.25) is 0 Å². The zero-order valence-electron chi connectivity index (χ0n) is 8.73. The Balaban J connectivity index is 4.30. The molecule has 84 valence electrons. The Morgan fingerprint density at radius 2 is 1.71 bits per heavy atom. The molecule has 2 nitrogen and oxygen atoms in total. The summed E-state index contributed by atoms with van der Waals surface area (Å²) < 4.78 is 39.9. The quantitative estimate of drug-likeness (QED) is 0.672. The predicted molar refractivity (Wildman–Crippen MR) is 45.7 cm³/mol. The SMILES string of the molecule is CC(C)CC(C)(C)OC(=O)C(F)(F)F. The highest BCUT2D eigenvalue weighted by Gasteiger charge is 2.43. The summed E-state index contributed by atoms with van der Waals surface area (Å²) in [5.41, 5.74) is -1.07. The number of carbonyl (C=O) groups is 1. The van der Waals surface area contributed by atoms with Crippen molar-refractivity contribution in [3.05, 3.63) is 0 Å². The first kappa shape index (κ1) is 13.3. The molecule has 0 spiro atoms. The number of esters is 1. The molecule has 0 heterocycles. The lowest BCUT2D eigenvalue weighted by Gasteiger charge is -2.27. The summed E-state index contributed by atoms with van der Waals surface area (Å²) in [6.45, 7) is 6.64. The Kier molecular flexibility index (Phi) is 3.97. The van der Waals surface area contributed by atoms with Crippen LogP contribution in [0.4, 0.5) is 13.2 Å². The predicted octanol–water partition coefficient (Wildman–Crippen LogP) is 2.92. The van der Waals surface area contributed by atoms with E-state index in [9.17, 15) is 18.0 Å². The lowest BCUT2D eigenvalue weighted by atomic mass is 9.96. The van der Waals surface area contributed by atoms with E-state index in [1.54, 1.807) is 0 Å². The minimum Gasteiger partial charge on any atom is -0.453 e. The molecular formula is C9H15F3O2. The van der Waals surface area contributed by atoms with E-state index in [4.69, 9.17) is 0 Å². The molecule has 0 fully saturated rings. The molecule has 0 unspecified atom stereocenters. The van der Waals surface area contributed by atoms with Gasteiger partial charge in [-0.05, 0) is 26.2 Å². The van der Waals surface area contributed by atoms with Crippen molar-refractivity contribution in [1.82, 2.24) is 0 Å². The van der Waals surface area contributed by atoms with Crippen LogP contribution in [0.25, 0.3) is 0 Å². The summed E-state index contributed by atoms with van der Waals surface area (Å²) >= 11 is 0. The van der Waals surface area contributed by atoms with E-state index < -0.39 is 17.7 Å². The first-order chi connectivity index (χ1) is 6.04. The maximum atomic E-state index is 11.8. The van der Waals surface area contributed by atoms with Crippen LogP contribution in [0, 0.1) is 5.92 Å². The fourth-order valence-corrected chi connectivity index (χ4v) is 1.33. The summed E-state index contributed by atoms with van der Waals surface area (Å²) in [5, 5.41) is 0. The molecule has 0 aromatic carbocycles. The van der Waals surface area contributed by atoms with Crippen LogP contribution in [0.3, 0.4) is 0 Å². The van der Waals surface area contributed by atoms with Gasteiger partial charge >= 0.3 is 12.1 Å². The van der Waals surface area contributed by atoms with Gasteiger partial charge in [-0.2, -0.15) is 13.2 Å². The smallest absolute Gasteiger partial charge is 0.453 e. The van der Waals surface area contributed by atoms with Gasteiger partial charge in [0.05, 0.1) is 0 Å². The van der Waals surface area contributed by atoms with E-state index in [2.05, 4.69) is 4.74 Å². The van der Waals surface area contributed by atoms with Gasteiger partial charge in [0.1, 0.15) is 5.60 Å². The summed E-state index contributed by atoms with van der Waals surface area (Å²) in [6.07, 6.45) is -4.51. The van der Waals surface area contributed by atoms with Crippen LogP contribution in [-0.4, -0.2) is 17.7 Å². The first-order valence-corrected chi connectivity index (χ1v) is 4.35. The number of rotatable bonds is 3. The van der Waals surface area contributed by atoms with Crippen LogP contribution in [0.5, 0.6) is 0 Å². The van der Waals surface area contributed by atoms with Crippen molar-refractivity contribution in [3.8, 4) is 0 Å². The zero-order chi connectivity index (χ0) is 11.6. The zero-order valence-corrected chi connectivity index (χ0v) is 8.73. The monoisotopic (exact) mass is 212 g/mol. The second-order valence-electron chi connectivity index (χ2n) is 4.24. The van der Waals surface area contributed by atoms with E-state index in [1.807, 2.05) is 13.8 Å². The Bertz CT molecular complexity index is 207. The molecule has 0 aliphatic rings. The van der Waals surface area contributed by atoms with Crippen molar-refractivity contribution in [2.75, 3.05) is 0 Å². The van der Waals surface area contributed by atoms with Crippen LogP contribution in [0.1, 0.15) is 34.1 Å². The average molecular weight is 212 g/mol. The van der Waals surface area contributed by atoms with Gasteiger partial charge in [0, 0.05) is 0 Å². The van der Waals surface area contributed by atoms with Crippen LogP contribution in [-0.2, 0) is 9.53 Å². The third kappa shape index (κ3) is 5.09. The fraction of sp³-hybridized carbons (Fsp3) is 0.889. The van der Waals surface area contributed by atoms with E-state index in [0.29, 0.717) is 6.42 Å². The third-order valence-corrected chi connectivity index (χ3v) is 1.50. The molecule has 0 rings (SSSR count). The molecule has 0 aliphatic heterocycles. The van der Waals surface area contributed by atoms with Crippen LogP contribution in [0.15, 0.2) is 0 Å². The summed E-state index contributed by atoms with van der Waals surface area (Å²) in [5.74, 6) is -1.95. The first-order valence-electron chi connectivity index (χ1n) is 4.35. The van der Waals surface area contributed by atoms with Crippen LogP contribution >= 0.6 is 0 Å². The fourth-order valence-electron chi connectivity index (χ4n) is 1.33. The number of hydrogen-bond acceptors (Lipinski definition) is 2. The summed E-state index contributed by atoms with van der Waals surface area (Å²) in [7, 11) is 0. The van der Waals surface area contributed by atoms with Gasteiger partial charge in [-0.1, -0.05) is 13.8 Å². The molecule has 0 saturated carbocycles. The number of ether oxygens (including phenoxy) is 1. The molecule has 0 N–H and O–H groups in total. The van der Waals surface area contributed by atoms with E-state index >= 15 is 0 Å². The maximum Gasteiger partial charge on any atom is 0.490 e. The highest BCUT2D eigenvalue weighted by molar-refractivity contribution is 5.76. The second kappa shape index (κ2) is 4.19. The molecule has 0 aromatic rings. The second-order valence-corrected chi connectivity index (χ2v) is 4.24. The van der Waals surface area contributed by atoms with Crippen molar-refractivity contribution >= 4 is 5.97 Å². The number of carbonyl (C=O) groups excluding carboxylic acids is 1. The average Bonchev–Trinajstić information content (AvgIpc) is 1.79. The van der Waals surface area contributed by atoms with Crippen LogP contribution in [0.2, 0.25) is 0 Å². The highest BCUT2D eigenvalue weighted by Crippen LogP contribution is 2.25. The number of hydrogen-bond donors (Lipinski definition) is 0. The molecule has 0 aromatic heterocycles. The largest absolute Gasteiger partial charge is 0.490 e. The summed E-state index contributed by atoms with van der Waals surface area (Å²) in [6, 6.07) is 0. The molecule has 0 bridgehead atoms. The molecule has 0 atom stereocenters. The van der Waals surface area contributed by atoms with E-state index in [-0.39, 0.29) is 5.92 Å². The Hall–Kier alpha value is -0.740. The van der Waals surface area contributed by atoms with Crippen LogP contribution < -0.4 is 0 Å². The molecular weight excluding hydrogens is 197 g/mol. The third-order valence-electron chi connectivity index (χ3n) is 1.50. The Morgan fingerprint density at radius 1 is 1.29 bits per heavy atom. The van der Waals surface area contributed by atoms with Gasteiger partial charge < -0.3 is 4.74 Å². The lowest BCUT2D eigenvalue weighted by Crippen LogP contribution is -2.36. The molecule has 14 heavy (non-hydrogen) atoms. The maximum absolute atomic E-state index is 11.8. The summed E-state index contributed by atoms with van der Waals surface area (Å²) in [4.78, 5) is 10.5. The normalized spacial score (nSPS) is 13.1. The van der Waals surface area contributed by atoms with Gasteiger partial charge in [-0.15, -0.1) is 0 Å².